The minimum Gasteiger partial charge on any atom is -0.368 e. The Morgan fingerprint density at radius 1 is 1.35 bits per heavy atom. The molecular formula is C14H17BrN2. The molecule has 1 aliphatic rings. The van der Waals surface area contributed by atoms with E-state index in [1.54, 1.807) is 0 Å². The second-order valence-electron chi connectivity index (χ2n) is 4.64. The maximum Gasteiger partial charge on any atom is 0.103 e. The van der Waals surface area contributed by atoms with Crippen LogP contribution in [0.4, 0.5) is 5.69 Å². The number of anilines is 1. The van der Waals surface area contributed by atoms with Crippen molar-refractivity contribution < 1.29 is 0 Å². The molecule has 0 spiro atoms. The smallest absolute Gasteiger partial charge is 0.103 e. The van der Waals surface area contributed by atoms with Crippen LogP contribution < -0.4 is 4.90 Å². The van der Waals surface area contributed by atoms with Gasteiger partial charge in [-0.1, -0.05) is 18.9 Å². The fourth-order valence-electron chi connectivity index (χ4n) is 2.50. The summed E-state index contributed by atoms with van der Waals surface area (Å²) in [6.07, 6.45) is 5.05. The Labute approximate surface area is 111 Å². The Kier molecular flexibility index (Phi) is 4.06. The van der Waals surface area contributed by atoms with E-state index >= 15 is 0 Å². The molecule has 0 bridgehead atoms. The average molecular weight is 293 g/mol. The molecule has 0 saturated carbocycles. The van der Waals surface area contributed by atoms with E-state index in [1.807, 2.05) is 12.1 Å². The highest BCUT2D eigenvalue weighted by Gasteiger charge is 2.20. The van der Waals surface area contributed by atoms with E-state index in [0.717, 1.165) is 22.3 Å². The molecule has 1 aromatic carbocycles. The summed E-state index contributed by atoms with van der Waals surface area (Å²) in [7, 11) is 0. The molecule has 0 N–H and O–H groups in total. The quantitative estimate of drug-likeness (QED) is 0.779. The van der Waals surface area contributed by atoms with Crippen LogP contribution in [0.3, 0.4) is 0 Å². The summed E-state index contributed by atoms with van der Waals surface area (Å²) in [5.74, 6) is 0. The van der Waals surface area contributed by atoms with Crippen molar-refractivity contribution in [3.8, 4) is 6.07 Å². The Hall–Kier alpha value is -1.01. The van der Waals surface area contributed by atoms with Gasteiger partial charge in [0.15, 0.2) is 0 Å². The monoisotopic (exact) mass is 292 g/mol. The van der Waals surface area contributed by atoms with Gasteiger partial charge in [-0.05, 0) is 47.8 Å². The van der Waals surface area contributed by atoms with Crippen LogP contribution in [0.25, 0.3) is 0 Å². The summed E-state index contributed by atoms with van der Waals surface area (Å²) in [6, 6.07) is 8.85. The molecule has 0 amide bonds. The van der Waals surface area contributed by atoms with Gasteiger partial charge in [-0.15, -0.1) is 0 Å². The van der Waals surface area contributed by atoms with Crippen molar-refractivity contribution in [3.05, 3.63) is 28.2 Å². The van der Waals surface area contributed by atoms with Crippen LogP contribution in [0.1, 0.15) is 38.2 Å². The molecule has 0 aromatic heterocycles. The third-order valence-corrected chi connectivity index (χ3v) is 4.13. The number of halogens is 1. The summed E-state index contributed by atoms with van der Waals surface area (Å²) in [4.78, 5) is 2.39. The van der Waals surface area contributed by atoms with Gasteiger partial charge in [-0.3, -0.25) is 0 Å². The fraction of sp³-hybridized carbons (Fsp3) is 0.500. The number of nitriles is 1. The Morgan fingerprint density at radius 2 is 2.18 bits per heavy atom. The number of hydrogen-bond acceptors (Lipinski definition) is 2. The molecule has 0 aliphatic carbocycles. The summed E-state index contributed by atoms with van der Waals surface area (Å²) in [5, 5.41) is 9.28. The first-order valence-corrected chi connectivity index (χ1v) is 6.98. The predicted octanol–water partition coefficient (Wildman–Crippen LogP) is 4.09. The molecule has 2 nitrogen and oxygen atoms in total. The van der Waals surface area contributed by atoms with Crippen LogP contribution >= 0.6 is 15.9 Å². The van der Waals surface area contributed by atoms with Gasteiger partial charge in [-0.25, -0.2) is 0 Å². The van der Waals surface area contributed by atoms with Gasteiger partial charge < -0.3 is 4.90 Å². The lowest BCUT2D eigenvalue weighted by Crippen LogP contribution is -2.33. The highest BCUT2D eigenvalue weighted by atomic mass is 79.9. The maximum atomic E-state index is 9.28. The van der Waals surface area contributed by atoms with E-state index in [0.29, 0.717) is 6.04 Å². The minimum atomic E-state index is 0.527. The predicted molar refractivity (Wildman–Crippen MR) is 74.1 cm³/mol. The van der Waals surface area contributed by atoms with Crippen LogP contribution in [0.2, 0.25) is 0 Å². The fourth-order valence-corrected chi connectivity index (χ4v) is 2.94. The number of rotatable bonds is 1. The highest BCUT2D eigenvalue weighted by molar-refractivity contribution is 9.10. The zero-order valence-corrected chi connectivity index (χ0v) is 11.7. The molecule has 1 aromatic rings. The maximum absolute atomic E-state index is 9.28. The third kappa shape index (κ3) is 2.63. The molecule has 0 radical (unpaired) electrons. The van der Waals surface area contributed by atoms with Crippen molar-refractivity contribution in [2.75, 3.05) is 11.4 Å². The van der Waals surface area contributed by atoms with Crippen molar-refractivity contribution in [1.29, 1.82) is 5.26 Å². The van der Waals surface area contributed by atoms with E-state index in [-0.39, 0.29) is 0 Å². The van der Waals surface area contributed by atoms with Gasteiger partial charge in [0.1, 0.15) is 6.07 Å². The van der Waals surface area contributed by atoms with Crippen LogP contribution in [0.15, 0.2) is 22.7 Å². The normalized spacial score (nSPS) is 20.8. The molecule has 1 aliphatic heterocycles. The van der Waals surface area contributed by atoms with Crippen molar-refractivity contribution >= 4 is 21.6 Å². The lowest BCUT2D eigenvalue weighted by Gasteiger charge is -2.30. The molecule has 17 heavy (non-hydrogen) atoms. The molecule has 90 valence electrons. The third-order valence-electron chi connectivity index (χ3n) is 3.47. The molecule has 1 saturated heterocycles. The largest absolute Gasteiger partial charge is 0.368 e. The lowest BCUT2D eigenvalue weighted by atomic mass is 10.1. The summed E-state index contributed by atoms with van der Waals surface area (Å²) in [5.41, 5.74) is 1.84. The molecular weight excluding hydrogens is 276 g/mol. The first kappa shape index (κ1) is 12.4. The molecule has 1 fully saturated rings. The topological polar surface area (TPSA) is 27.0 Å². The SMILES string of the molecule is CC1CCCCCN1c1cccc(Br)c1C#N. The van der Waals surface area contributed by atoms with Crippen molar-refractivity contribution in [2.45, 2.75) is 38.6 Å². The van der Waals surface area contributed by atoms with Gasteiger partial charge in [0.2, 0.25) is 0 Å². The zero-order chi connectivity index (χ0) is 12.3. The second kappa shape index (κ2) is 5.55. The van der Waals surface area contributed by atoms with Gasteiger partial charge in [0.05, 0.1) is 11.3 Å². The number of benzene rings is 1. The molecule has 1 heterocycles. The van der Waals surface area contributed by atoms with Crippen molar-refractivity contribution in [2.24, 2.45) is 0 Å². The van der Waals surface area contributed by atoms with E-state index in [9.17, 15) is 5.26 Å². The van der Waals surface area contributed by atoms with E-state index in [1.165, 1.54) is 25.7 Å². The Morgan fingerprint density at radius 3 is 2.94 bits per heavy atom. The van der Waals surface area contributed by atoms with Crippen LogP contribution in [-0.4, -0.2) is 12.6 Å². The van der Waals surface area contributed by atoms with E-state index < -0.39 is 0 Å². The first-order valence-electron chi connectivity index (χ1n) is 6.19. The zero-order valence-electron chi connectivity index (χ0n) is 10.1. The van der Waals surface area contributed by atoms with E-state index in [4.69, 9.17) is 0 Å². The minimum absolute atomic E-state index is 0.527. The molecule has 1 atom stereocenters. The number of hydrogen-bond donors (Lipinski definition) is 0. The average Bonchev–Trinajstić information content (AvgIpc) is 2.53. The summed E-state index contributed by atoms with van der Waals surface area (Å²) in [6.45, 7) is 3.32. The standard InChI is InChI=1S/C14H17BrN2/c1-11-6-3-2-4-9-17(11)14-8-5-7-13(15)12(14)10-16/h5,7-8,11H,2-4,6,9H2,1H3. The first-order chi connectivity index (χ1) is 8.24. The van der Waals surface area contributed by atoms with Gasteiger partial charge in [0.25, 0.3) is 0 Å². The van der Waals surface area contributed by atoms with Crippen LogP contribution in [0.5, 0.6) is 0 Å². The number of nitrogens with zero attached hydrogens (tertiary/aromatic N) is 2. The molecule has 1 unspecified atom stereocenters. The van der Waals surface area contributed by atoms with Crippen LogP contribution in [0, 0.1) is 11.3 Å². The lowest BCUT2D eigenvalue weighted by molar-refractivity contribution is 0.616. The van der Waals surface area contributed by atoms with Crippen molar-refractivity contribution in [3.63, 3.8) is 0 Å². The Bertz CT molecular complexity index is 436. The van der Waals surface area contributed by atoms with Crippen molar-refractivity contribution in [1.82, 2.24) is 0 Å². The van der Waals surface area contributed by atoms with Crippen LogP contribution in [-0.2, 0) is 0 Å². The molecule has 3 heteroatoms. The molecule has 2 rings (SSSR count). The Balaban J connectivity index is 2.38. The second-order valence-corrected chi connectivity index (χ2v) is 5.49. The van der Waals surface area contributed by atoms with Gasteiger partial charge >= 0.3 is 0 Å². The van der Waals surface area contributed by atoms with Gasteiger partial charge in [0, 0.05) is 17.1 Å². The summed E-state index contributed by atoms with van der Waals surface area (Å²) >= 11 is 3.46. The summed E-state index contributed by atoms with van der Waals surface area (Å²) < 4.78 is 0.897. The van der Waals surface area contributed by atoms with E-state index in [2.05, 4.69) is 39.9 Å². The van der Waals surface area contributed by atoms with Gasteiger partial charge in [-0.2, -0.15) is 5.26 Å². The highest BCUT2D eigenvalue weighted by Crippen LogP contribution is 2.31.